The number of hydrogen-bond acceptors (Lipinski definition) is 4. The van der Waals surface area contributed by atoms with Crippen LogP contribution in [0.1, 0.15) is 23.6 Å². The van der Waals surface area contributed by atoms with E-state index in [0.29, 0.717) is 6.54 Å². The Kier molecular flexibility index (Phi) is 3.91. The zero-order chi connectivity index (χ0) is 16.6. The summed E-state index contributed by atoms with van der Waals surface area (Å²) in [7, 11) is -3.76. The van der Waals surface area contributed by atoms with Gasteiger partial charge in [-0.1, -0.05) is 36.4 Å². The molecule has 2 aromatic carbocycles. The van der Waals surface area contributed by atoms with Gasteiger partial charge in [-0.3, -0.25) is 10.1 Å². The van der Waals surface area contributed by atoms with Crippen molar-refractivity contribution < 1.29 is 13.3 Å². The normalized spacial score (nSPS) is 18.4. The number of hydrogen-bond donors (Lipinski definition) is 0. The molecule has 0 aliphatic carbocycles. The standard InChI is InChI=1S/C16H16N2O4S/c1-12-14(18(19)20)8-5-9-16(12)23(21,22)17-11-10-15(17)13-6-3-2-4-7-13/h2-9,15H,10-11H2,1H3/t15-/m0/s1. The van der Waals surface area contributed by atoms with Crippen LogP contribution in [0, 0.1) is 17.0 Å². The summed E-state index contributed by atoms with van der Waals surface area (Å²) in [5, 5.41) is 11.0. The van der Waals surface area contributed by atoms with Crippen LogP contribution in [0.4, 0.5) is 5.69 Å². The third kappa shape index (κ3) is 2.62. The van der Waals surface area contributed by atoms with Crippen molar-refractivity contribution in [2.45, 2.75) is 24.3 Å². The van der Waals surface area contributed by atoms with E-state index in [0.717, 1.165) is 12.0 Å². The predicted molar refractivity (Wildman–Crippen MR) is 85.5 cm³/mol. The fraction of sp³-hybridized carbons (Fsp3) is 0.250. The van der Waals surface area contributed by atoms with Crippen LogP contribution < -0.4 is 0 Å². The second-order valence-corrected chi connectivity index (χ2v) is 7.35. The van der Waals surface area contributed by atoms with E-state index in [2.05, 4.69) is 0 Å². The van der Waals surface area contributed by atoms with Crippen LogP contribution in [0.5, 0.6) is 0 Å². The van der Waals surface area contributed by atoms with Crippen molar-refractivity contribution in [2.75, 3.05) is 6.54 Å². The van der Waals surface area contributed by atoms with Crippen LogP contribution >= 0.6 is 0 Å². The molecule has 23 heavy (non-hydrogen) atoms. The van der Waals surface area contributed by atoms with E-state index in [4.69, 9.17) is 0 Å². The molecule has 0 radical (unpaired) electrons. The highest BCUT2D eigenvalue weighted by molar-refractivity contribution is 7.89. The van der Waals surface area contributed by atoms with Gasteiger partial charge in [0.25, 0.3) is 5.69 Å². The molecule has 1 aliphatic rings. The van der Waals surface area contributed by atoms with Crippen LogP contribution in [0.15, 0.2) is 53.4 Å². The van der Waals surface area contributed by atoms with Gasteiger partial charge in [-0.25, -0.2) is 8.42 Å². The monoisotopic (exact) mass is 332 g/mol. The zero-order valence-corrected chi connectivity index (χ0v) is 13.4. The molecule has 1 aliphatic heterocycles. The van der Waals surface area contributed by atoms with Crippen molar-refractivity contribution in [2.24, 2.45) is 0 Å². The molecule has 0 saturated carbocycles. The van der Waals surface area contributed by atoms with Crippen molar-refractivity contribution in [1.29, 1.82) is 0 Å². The van der Waals surface area contributed by atoms with E-state index in [1.54, 1.807) is 0 Å². The van der Waals surface area contributed by atoms with E-state index in [9.17, 15) is 18.5 Å². The minimum absolute atomic E-state index is 0.00679. The van der Waals surface area contributed by atoms with Crippen LogP contribution in [0.2, 0.25) is 0 Å². The van der Waals surface area contributed by atoms with Gasteiger partial charge in [0.2, 0.25) is 10.0 Å². The average molecular weight is 332 g/mol. The lowest BCUT2D eigenvalue weighted by Crippen LogP contribution is -2.45. The third-order valence-corrected chi connectivity index (χ3v) is 6.25. The molecule has 0 spiro atoms. The molecule has 7 heteroatoms. The SMILES string of the molecule is Cc1c([N+](=O)[O-])cccc1S(=O)(=O)N1CC[C@H]1c1ccccc1. The lowest BCUT2D eigenvalue weighted by Gasteiger charge is -2.40. The van der Waals surface area contributed by atoms with Gasteiger partial charge in [-0.05, 0) is 25.0 Å². The molecule has 0 amide bonds. The molecular formula is C16H16N2O4S. The molecule has 1 heterocycles. The van der Waals surface area contributed by atoms with Crippen LogP contribution in [0.25, 0.3) is 0 Å². The Balaban J connectivity index is 2.00. The summed E-state index contributed by atoms with van der Waals surface area (Å²) < 4.78 is 27.2. The number of nitro groups is 1. The van der Waals surface area contributed by atoms with Gasteiger partial charge in [0.1, 0.15) is 0 Å². The molecule has 0 unspecified atom stereocenters. The first-order chi connectivity index (χ1) is 10.9. The molecule has 2 aromatic rings. The molecule has 0 aromatic heterocycles. The first-order valence-corrected chi connectivity index (χ1v) is 8.67. The summed E-state index contributed by atoms with van der Waals surface area (Å²) in [6.45, 7) is 1.90. The number of rotatable bonds is 4. The third-order valence-electron chi connectivity index (χ3n) is 4.19. The first kappa shape index (κ1) is 15.6. The maximum absolute atomic E-state index is 12.9. The van der Waals surface area contributed by atoms with Crippen molar-refractivity contribution in [3.05, 3.63) is 69.8 Å². The lowest BCUT2D eigenvalue weighted by atomic mass is 9.98. The van der Waals surface area contributed by atoms with Gasteiger partial charge in [0, 0.05) is 18.2 Å². The molecule has 1 fully saturated rings. The van der Waals surface area contributed by atoms with E-state index in [1.807, 2.05) is 30.3 Å². The minimum Gasteiger partial charge on any atom is -0.258 e. The van der Waals surface area contributed by atoms with Gasteiger partial charge in [0.15, 0.2) is 0 Å². The van der Waals surface area contributed by atoms with E-state index < -0.39 is 14.9 Å². The molecule has 1 atom stereocenters. The summed E-state index contributed by atoms with van der Waals surface area (Å²) in [5.74, 6) is 0. The topological polar surface area (TPSA) is 80.5 Å². The first-order valence-electron chi connectivity index (χ1n) is 7.23. The van der Waals surface area contributed by atoms with Crippen LogP contribution in [0.3, 0.4) is 0 Å². The molecule has 0 N–H and O–H groups in total. The molecule has 0 bridgehead atoms. The van der Waals surface area contributed by atoms with Crippen molar-refractivity contribution in [1.82, 2.24) is 4.31 Å². The fourth-order valence-electron chi connectivity index (χ4n) is 2.87. The van der Waals surface area contributed by atoms with Crippen molar-refractivity contribution in [3.8, 4) is 0 Å². The van der Waals surface area contributed by atoms with Gasteiger partial charge in [0.05, 0.1) is 15.9 Å². The van der Waals surface area contributed by atoms with E-state index in [-0.39, 0.29) is 22.2 Å². The highest BCUT2D eigenvalue weighted by Crippen LogP contribution is 2.39. The van der Waals surface area contributed by atoms with E-state index in [1.165, 1.54) is 29.4 Å². The van der Waals surface area contributed by atoms with Crippen molar-refractivity contribution in [3.63, 3.8) is 0 Å². The molecular weight excluding hydrogens is 316 g/mol. The summed E-state index contributed by atoms with van der Waals surface area (Å²) >= 11 is 0. The minimum atomic E-state index is -3.76. The van der Waals surface area contributed by atoms with Gasteiger partial charge >= 0.3 is 0 Å². The zero-order valence-electron chi connectivity index (χ0n) is 12.5. The summed E-state index contributed by atoms with van der Waals surface area (Å²) in [6.07, 6.45) is 0.747. The predicted octanol–water partition coefficient (Wildman–Crippen LogP) is 3.04. The largest absolute Gasteiger partial charge is 0.273 e. The lowest BCUT2D eigenvalue weighted by molar-refractivity contribution is -0.385. The Morgan fingerprint density at radius 1 is 1.13 bits per heavy atom. The molecule has 120 valence electrons. The molecule has 3 rings (SSSR count). The van der Waals surface area contributed by atoms with Crippen LogP contribution in [-0.2, 0) is 10.0 Å². The Morgan fingerprint density at radius 2 is 1.83 bits per heavy atom. The van der Waals surface area contributed by atoms with E-state index >= 15 is 0 Å². The van der Waals surface area contributed by atoms with Gasteiger partial charge in [-0.2, -0.15) is 4.31 Å². The maximum Gasteiger partial charge on any atom is 0.273 e. The number of nitrogens with zero attached hydrogens (tertiary/aromatic N) is 2. The Morgan fingerprint density at radius 3 is 2.39 bits per heavy atom. The summed E-state index contributed by atoms with van der Waals surface area (Å²) in [6, 6.07) is 13.4. The van der Waals surface area contributed by atoms with Crippen molar-refractivity contribution >= 4 is 15.7 Å². The highest BCUT2D eigenvalue weighted by atomic mass is 32.2. The number of nitro benzene ring substituents is 1. The summed E-state index contributed by atoms with van der Waals surface area (Å²) in [4.78, 5) is 10.5. The second-order valence-electron chi connectivity index (χ2n) is 5.49. The second kappa shape index (κ2) is 5.75. The smallest absolute Gasteiger partial charge is 0.258 e. The van der Waals surface area contributed by atoms with Crippen LogP contribution in [-0.4, -0.2) is 24.2 Å². The fourth-order valence-corrected chi connectivity index (χ4v) is 4.77. The van der Waals surface area contributed by atoms with Gasteiger partial charge in [-0.15, -0.1) is 0 Å². The maximum atomic E-state index is 12.9. The van der Waals surface area contributed by atoms with Gasteiger partial charge < -0.3 is 0 Å². The molecule has 1 saturated heterocycles. The highest BCUT2D eigenvalue weighted by Gasteiger charge is 2.40. The summed E-state index contributed by atoms with van der Waals surface area (Å²) in [5.41, 5.74) is 0.935. The number of sulfonamides is 1. The average Bonchev–Trinajstić information content (AvgIpc) is 2.46. The Bertz CT molecular complexity index is 850. The molecule has 6 nitrogen and oxygen atoms in total. The Hall–Kier alpha value is -2.25. The Labute approximate surface area is 134 Å². The quantitative estimate of drug-likeness (QED) is 0.636. The number of benzene rings is 2.